The quantitative estimate of drug-likeness (QED) is 0.754. The van der Waals surface area contributed by atoms with Gasteiger partial charge in [0.1, 0.15) is 12.7 Å². The Bertz CT molecular complexity index is 670. The lowest BCUT2D eigenvalue weighted by molar-refractivity contribution is 0.859. The molecule has 3 aromatic rings. The topological polar surface area (TPSA) is 87.4 Å². The van der Waals surface area contributed by atoms with Gasteiger partial charge in [-0.05, 0) is 6.42 Å². The molecule has 3 heterocycles. The van der Waals surface area contributed by atoms with Crippen LogP contribution in [0.25, 0.3) is 11.8 Å². The number of nitrogens with zero attached hydrogens (tertiary/aromatic N) is 6. The minimum Gasteiger partial charge on any atom is -0.394 e. The van der Waals surface area contributed by atoms with E-state index in [1.807, 2.05) is 6.92 Å². The maximum atomic E-state index is 6.11. The molecule has 0 aliphatic heterocycles. The molecule has 7 nitrogen and oxygen atoms in total. The van der Waals surface area contributed by atoms with Gasteiger partial charge in [0.25, 0.3) is 0 Å². The van der Waals surface area contributed by atoms with Crippen molar-refractivity contribution in [2.75, 3.05) is 5.73 Å². The zero-order chi connectivity index (χ0) is 13.2. The lowest BCUT2D eigenvalue weighted by Gasteiger charge is -2.11. The van der Waals surface area contributed by atoms with Crippen molar-refractivity contribution in [2.24, 2.45) is 0 Å². The summed E-state index contributed by atoms with van der Waals surface area (Å²) in [6, 6.07) is 0. The van der Waals surface area contributed by atoms with Crippen LogP contribution in [0.2, 0.25) is 0 Å². The van der Waals surface area contributed by atoms with E-state index in [1.54, 1.807) is 46.6 Å². The molecule has 0 bridgehead atoms. The van der Waals surface area contributed by atoms with Crippen LogP contribution >= 0.6 is 0 Å². The number of rotatable bonds is 3. The first kappa shape index (κ1) is 11.4. The summed E-state index contributed by atoms with van der Waals surface area (Å²) in [6.45, 7) is 2.01. The summed E-state index contributed by atoms with van der Waals surface area (Å²) >= 11 is 0. The largest absolute Gasteiger partial charge is 0.394 e. The molecular formula is C12H13N7. The molecule has 7 heteroatoms. The van der Waals surface area contributed by atoms with Crippen LogP contribution in [0.4, 0.5) is 5.69 Å². The van der Waals surface area contributed by atoms with Crippen molar-refractivity contribution >= 4 is 5.69 Å². The third kappa shape index (κ3) is 1.95. The van der Waals surface area contributed by atoms with Crippen LogP contribution in [-0.4, -0.2) is 29.1 Å². The highest BCUT2D eigenvalue weighted by Gasteiger charge is 2.12. The van der Waals surface area contributed by atoms with Gasteiger partial charge in [-0.25, -0.2) is 15.0 Å². The Morgan fingerprint density at radius 3 is 2.32 bits per heavy atom. The van der Waals surface area contributed by atoms with Gasteiger partial charge < -0.3 is 5.73 Å². The number of nitrogens with two attached hydrogens (primary N) is 1. The van der Waals surface area contributed by atoms with E-state index in [-0.39, 0.29) is 0 Å². The molecule has 0 unspecified atom stereocenters. The van der Waals surface area contributed by atoms with Gasteiger partial charge in [0.2, 0.25) is 5.95 Å². The van der Waals surface area contributed by atoms with Gasteiger partial charge in [0.05, 0.1) is 11.4 Å². The van der Waals surface area contributed by atoms with E-state index in [0.29, 0.717) is 17.5 Å². The van der Waals surface area contributed by atoms with Gasteiger partial charge in [-0.15, -0.1) is 0 Å². The van der Waals surface area contributed by atoms with Gasteiger partial charge in [-0.1, -0.05) is 6.92 Å². The number of imidazole rings is 2. The average molecular weight is 255 g/mol. The van der Waals surface area contributed by atoms with Gasteiger partial charge in [0, 0.05) is 24.8 Å². The SMILES string of the molecule is CCc1nc(-n2ccnc2)nc(-n2ccnc2)c1N. The fourth-order valence-electron chi connectivity index (χ4n) is 1.83. The molecule has 2 N–H and O–H groups in total. The standard InChI is InChI=1S/C12H13N7/c1-2-9-10(13)11(18-5-3-14-7-18)17-12(16-9)19-6-4-15-8-19/h3-8H,2,13H2,1H3. The third-order valence-corrected chi connectivity index (χ3v) is 2.81. The van der Waals surface area contributed by atoms with Gasteiger partial charge >= 0.3 is 0 Å². The second-order valence-corrected chi connectivity index (χ2v) is 4.00. The molecule has 0 aliphatic rings. The van der Waals surface area contributed by atoms with Crippen LogP contribution in [0.15, 0.2) is 37.4 Å². The lowest BCUT2D eigenvalue weighted by atomic mass is 10.2. The van der Waals surface area contributed by atoms with Crippen LogP contribution < -0.4 is 5.73 Å². The molecule has 0 atom stereocenters. The van der Waals surface area contributed by atoms with Crippen LogP contribution in [0, 0.1) is 0 Å². The molecule has 96 valence electrons. The van der Waals surface area contributed by atoms with Crippen LogP contribution in [0.5, 0.6) is 0 Å². The third-order valence-electron chi connectivity index (χ3n) is 2.81. The number of nitrogen functional groups attached to an aromatic ring is 1. The number of hydrogen-bond donors (Lipinski definition) is 1. The van der Waals surface area contributed by atoms with Crippen LogP contribution in [-0.2, 0) is 6.42 Å². The highest BCUT2D eigenvalue weighted by molar-refractivity contribution is 5.57. The van der Waals surface area contributed by atoms with Crippen molar-refractivity contribution in [3.63, 3.8) is 0 Å². The van der Waals surface area contributed by atoms with Gasteiger partial charge in [-0.3, -0.25) is 9.13 Å². The predicted octanol–water partition coefficient (Wildman–Crippen LogP) is 0.993. The van der Waals surface area contributed by atoms with Crippen LogP contribution in [0.1, 0.15) is 12.6 Å². The van der Waals surface area contributed by atoms with Crippen LogP contribution in [0.3, 0.4) is 0 Å². The minimum absolute atomic E-state index is 0.548. The minimum atomic E-state index is 0.548. The molecule has 0 aromatic carbocycles. The first-order valence-corrected chi connectivity index (χ1v) is 5.92. The fraction of sp³-hybridized carbons (Fsp3) is 0.167. The fourth-order valence-corrected chi connectivity index (χ4v) is 1.83. The van der Waals surface area contributed by atoms with E-state index in [9.17, 15) is 0 Å². The summed E-state index contributed by atoms with van der Waals surface area (Å²) in [7, 11) is 0. The second-order valence-electron chi connectivity index (χ2n) is 4.00. The van der Waals surface area contributed by atoms with Crippen molar-refractivity contribution < 1.29 is 0 Å². The summed E-state index contributed by atoms with van der Waals surface area (Å²) in [4.78, 5) is 16.9. The first-order valence-electron chi connectivity index (χ1n) is 5.92. The normalized spacial score (nSPS) is 10.8. The molecule has 3 aromatic heterocycles. The molecule has 3 rings (SSSR count). The Hall–Kier alpha value is -2.70. The van der Waals surface area contributed by atoms with Gasteiger partial charge in [0.15, 0.2) is 5.82 Å². The van der Waals surface area contributed by atoms with Crippen molar-refractivity contribution in [1.29, 1.82) is 0 Å². The molecule has 0 amide bonds. The van der Waals surface area contributed by atoms with Crippen molar-refractivity contribution in [1.82, 2.24) is 29.1 Å². The van der Waals surface area contributed by atoms with E-state index in [2.05, 4.69) is 19.9 Å². The zero-order valence-electron chi connectivity index (χ0n) is 10.4. The zero-order valence-corrected chi connectivity index (χ0v) is 10.4. The Kier molecular flexibility index (Phi) is 2.71. The molecule has 0 saturated heterocycles. The van der Waals surface area contributed by atoms with Crippen molar-refractivity contribution in [3.8, 4) is 11.8 Å². The van der Waals surface area contributed by atoms with Crippen molar-refractivity contribution in [3.05, 3.63) is 43.1 Å². The van der Waals surface area contributed by atoms with E-state index in [4.69, 9.17) is 5.73 Å². The Labute approximate surface area is 109 Å². The number of anilines is 1. The maximum Gasteiger partial charge on any atom is 0.237 e. The summed E-state index contributed by atoms with van der Waals surface area (Å²) in [5, 5.41) is 0. The maximum absolute atomic E-state index is 6.11. The number of aromatic nitrogens is 6. The van der Waals surface area contributed by atoms with E-state index in [0.717, 1.165) is 12.1 Å². The lowest BCUT2D eigenvalue weighted by Crippen LogP contribution is -2.11. The number of aryl methyl sites for hydroxylation is 1. The first-order chi connectivity index (χ1) is 9.29. The smallest absolute Gasteiger partial charge is 0.237 e. The predicted molar refractivity (Wildman–Crippen MR) is 70.1 cm³/mol. The molecule has 0 radical (unpaired) electrons. The Balaban J connectivity index is 2.21. The van der Waals surface area contributed by atoms with Gasteiger partial charge in [-0.2, -0.15) is 4.98 Å². The van der Waals surface area contributed by atoms with E-state index < -0.39 is 0 Å². The summed E-state index contributed by atoms with van der Waals surface area (Å²) in [5.41, 5.74) is 7.49. The van der Waals surface area contributed by atoms with E-state index in [1.165, 1.54) is 0 Å². The molecule has 0 fully saturated rings. The molecular weight excluding hydrogens is 242 g/mol. The number of hydrogen-bond acceptors (Lipinski definition) is 5. The highest BCUT2D eigenvalue weighted by atomic mass is 15.2. The van der Waals surface area contributed by atoms with E-state index >= 15 is 0 Å². The molecule has 0 saturated carbocycles. The summed E-state index contributed by atoms with van der Waals surface area (Å²) in [5.74, 6) is 1.18. The highest BCUT2D eigenvalue weighted by Crippen LogP contribution is 2.20. The Morgan fingerprint density at radius 2 is 1.74 bits per heavy atom. The Morgan fingerprint density at radius 1 is 1.05 bits per heavy atom. The molecule has 19 heavy (non-hydrogen) atoms. The summed E-state index contributed by atoms with van der Waals surface area (Å²) in [6.07, 6.45) is 11.0. The monoisotopic (exact) mass is 255 g/mol. The molecule has 0 aliphatic carbocycles. The second kappa shape index (κ2) is 4.52. The average Bonchev–Trinajstić information content (AvgIpc) is 3.12. The summed E-state index contributed by atoms with van der Waals surface area (Å²) < 4.78 is 3.52. The van der Waals surface area contributed by atoms with Crippen molar-refractivity contribution in [2.45, 2.75) is 13.3 Å². The molecule has 0 spiro atoms.